The summed E-state index contributed by atoms with van der Waals surface area (Å²) in [4.78, 5) is 15.6. The molecular weight excluding hydrogens is 276 g/mol. The molecule has 1 aromatic heterocycles. The number of nitrogens with zero attached hydrogens (tertiary/aromatic N) is 1. The zero-order chi connectivity index (χ0) is 14.5. The van der Waals surface area contributed by atoms with Crippen LogP contribution in [-0.2, 0) is 0 Å². The molecule has 0 aliphatic rings. The molecule has 0 amide bonds. The highest BCUT2D eigenvalue weighted by atomic mass is 32.1. The number of carbonyl (C=O) groups is 1. The smallest absolute Gasteiger partial charge is 0.337 e. The average Bonchev–Trinajstić information content (AvgIpc) is 2.47. The van der Waals surface area contributed by atoms with Gasteiger partial charge in [-0.05, 0) is 18.2 Å². The Labute approximate surface area is 121 Å². The number of aromatic nitrogens is 1. The Morgan fingerprint density at radius 2 is 2.05 bits per heavy atom. The number of carboxylic acids is 1. The molecule has 0 saturated heterocycles. The van der Waals surface area contributed by atoms with Crippen molar-refractivity contribution >= 4 is 28.9 Å². The fourth-order valence-corrected chi connectivity index (χ4v) is 1.84. The second kappa shape index (κ2) is 6.12. The van der Waals surface area contributed by atoms with Gasteiger partial charge in [-0.1, -0.05) is 24.4 Å². The largest absolute Gasteiger partial charge is 0.481 e. The zero-order valence-corrected chi connectivity index (χ0v) is 11.5. The monoisotopic (exact) mass is 288 g/mol. The van der Waals surface area contributed by atoms with Gasteiger partial charge < -0.3 is 15.2 Å². The Hall–Kier alpha value is -2.47. The van der Waals surface area contributed by atoms with Gasteiger partial charge in [-0.3, -0.25) is 0 Å². The molecule has 0 aliphatic heterocycles. The van der Waals surface area contributed by atoms with E-state index in [0.29, 0.717) is 22.1 Å². The van der Waals surface area contributed by atoms with Crippen molar-refractivity contribution in [2.24, 2.45) is 0 Å². The van der Waals surface area contributed by atoms with Crippen molar-refractivity contribution in [3.63, 3.8) is 0 Å². The Balaban J connectivity index is 2.21. The van der Waals surface area contributed by atoms with Gasteiger partial charge in [-0.2, -0.15) is 0 Å². The number of ether oxygens (including phenoxy) is 1. The molecule has 5 nitrogen and oxygen atoms in total. The molecule has 20 heavy (non-hydrogen) atoms. The van der Waals surface area contributed by atoms with Crippen LogP contribution in [0.5, 0.6) is 5.88 Å². The van der Waals surface area contributed by atoms with Crippen molar-refractivity contribution in [3.05, 3.63) is 53.7 Å². The van der Waals surface area contributed by atoms with E-state index in [1.165, 1.54) is 13.2 Å². The van der Waals surface area contributed by atoms with Gasteiger partial charge in [0.2, 0.25) is 5.88 Å². The molecule has 0 saturated carbocycles. The summed E-state index contributed by atoms with van der Waals surface area (Å²) in [6.45, 7) is 0. The van der Waals surface area contributed by atoms with E-state index in [4.69, 9.17) is 22.1 Å². The first-order valence-corrected chi connectivity index (χ1v) is 6.16. The molecule has 2 aromatic rings. The molecule has 2 rings (SSSR count). The van der Waals surface area contributed by atoms with Gasteiger partial charge in [0.1, 0.15) is 4.99 Å². The molecule has 1 heterocycles. The molecule has 6 heteroatoms. The first-order chi connectivity index (χ1) is 9.61. The molecule has 102 valence electrons. The van der Waals surface area contributed by atoms with Crippen LogP contribution < -0.4 is 10.1 Å². The van der Waals surface area contributed by atoms with Crippen LogP contribution >= 0.6 is 12.2 Å². The maximum Gasteiger partial charge on any atom is 0.337 e. The lowest BCUT2D eigenvalue weighted by Gasteiger charge is -2.10. The van der Waals surface area contributed by atoms with Gasteiger partial charge in [0.15, 0.2) is 0 Å². The van der Waals surface area contributed by atoms with Crippen LogP contribution in [0.3, 0.4) is 0 Å². The van der Waals surface area contributed by atoms with Crippen LogP contribution in [0.4, 0.5) is 5.69 Å². The Bertz CT molecular complexity index is 641. The summed E-state index contributed by atoms with van der Waals surface area (Å²) < 4.78 is 4.97. The van der Waals surface area contributed by atoms with Gasteiger partial charge >= 0.3 is 5.97 Å². The molecule has 0 bridgehead atoms. The number of hydrogen-bond donors (Lipinski definition) is 2. The second-order valence-electron chi connectivity index (χ2n) is 3.89. The van der Waals surface area contributed by atoms with Crippen LogP contribution in [0.25, 0.3) is 0 Å². The van der Waals surface area contributed by atoms with Crippen LogP contribution in [0.2, 0.25) is 0 Å². The maximum atomic E-state index is 11.1. The van der Waals surface area contributed by atoms with Crippen LogP contribution in [0.1, 0.15) is 15.9 Å². The minimum atomic E-state index is -1.01. The van der Waals surface area contributed by atoms with Gasteiger partial charge in [0.25, 0.3) is 0 Å². The first kappa shape index (κ1) is 14.0. The Morgan fingerprint density at radius 3 is 2.65 bits per heavy atom. The van der Waals surface area contributed by atoms with E-state index in [1.807, 2.05) is 0 Å². The highest BCUT2D eigenvalue weighted by Gasteiger charge is 2.11. The second-order valence-corrected chi connectivity index (χ2v) is 4.30. The number of rotatable bonds is 4. The summed E-state index contributed by atoms with van der Waals surface area (Å²) in [6.07, 6.45) is 1.57. The van der Waals surface area contributed by atoms with Crippen molar-refractivity contribution in [1.29, 1.82) is 0 Å². The number of nitrogens with one attached hydrogen (secondary N) is 1. The summed E-state index contributed by atoms with van der Waals surface area (Å²) in [6, 6.07) is 10.0. The summed E-state index contributed by atoms with van der Waals surface area (Å²) in [5.74, 6) is -0.522. The summed E-state index contributed by atoms with van der Waals surface area (Å²) in [5.41, 5.74) is 1.29. The van der Waals surface area contributed by atoms with Crippen LogP contribution in [0, 0.1) is 0 Å². The van der Waals surface area contributed by atoms with E-state index in [-0.39, 0.29) is 5.56 Å². The molecular formula is C14H12N2O3S. The molecule has 2 N–H and O–H groups in total. The van der Waals surface area contributed by atoms with Crippen molar-refractivity contribution in [2.75, 3.05) is 12.4 Å². The number of hydrogen-bond acceptors (Lipinski definition) is 4. The lowest BCUT2D eigenvalue weighted by atomic mass is 10.1. The summed E-state index contributed by atoms with van der Waals surface area (Å²) in [7, 11) is 1.53. The van der Waals surface area contributed by atoms with Gasteiger partial charge in [0.05, 0.1) is 18.4 Å². The third-order valence-electron chi connectivity index (χ3n) is 2.61. The molecule has 0 fully saturated rings. The highest BCUT2D eigenvalue weighted by molar-refractivity contribution is 7.81. The topological polar surface area (TPSA) is 71.5 Å². The van der Waals surface area contributed by atoms with Gasteiger partial charge in [0, 0.05) is 17.8 Å². The fraction of sp³-hybridized carbons (Fsp3) is 0.0714. The Kier molecular flexibility index (Phi) is 4.27. The maximum absolute atomic E-state index is 11.1. The summed E-state index contributed by atoms with van der Waals surface area (Å²) >= 11 is 5.24. The number of anilines is 1. The number of pyridine rings is 1. The van der Waals surface area contributed by atoms with Gasteiger partial charge in [-0.15, -0.1) is 0 Å². The standard InChI is InChI=1S/C14H12N2O3S/c1-19-12-7-6-9(8-15-12)13(20)16-11-5-3-2-4-10(11)14(17)18/h2-8H,1H3,(H,16,20)(H,17,18). The van der Waals surface area contributed by atoms with Crippen LogP contribution in [-0.4, -0.2) is 28.2 Å². The first-order valence-electron chi connectivity index (χ1n) is 5.75. The number of aromatic carboxylic acids is 1. The molecule has 0 atom stereocenters. The highest BCUT2D eigenvalue weighted by Crippen LogP contribution is 2.17. The molecule has 0 spiro atoms. The molecule has 0 radical (unpaired) electrons. The van der Waals surface area contributed by atoms with E-state index >= 15 is 0 Å². The molecule has 1 aromatic carbocycles. The van der Waals surface area contributed by atoms with Crippen molar-refractivity contribution < 1.29 is 14.6 Å². The lowest BCUT2D eigenvalue weighted by Crippen LogP contribution is -2.13. The van der Waals surface area contributed by atoms with E-state index in [2.05, 4.69) is 10.3 Å². The number of carboxylic acid groups (broad SMARTS) is 1. The van der Waals surface area contributed by atoms with Crippen LogP contribution in [0.15, 0.2) is 42.6 Å². The molecule has 0 unspecified atom stereocenters. The SMILES string of the molecule is COc1ccc(C(=S)Nc2ccccc2C(=O)O)cn1. The number of thiocarbonyl (C=S) groups is 1. The van der Waals surface area contributed by atoms with Crippen molar-refractivity contribution in [3.8, 4) is 5.88 Å². The normalized spacial score (nSPS) is 9.85. The summed E-state index contributed by atoms with van der Waals surface area (Å²) in [5, 5.41) is 12.0. The van der Waals surface area contributed by atoms with E-state index in [9.17, 15) is 4.79 Å². The fourth-order valence-electron chi connectivity index (χ4n) is 1.61. The average molecular weight is 288 g/mol. The van der Waals surface area contributed by atoms with E-state index < -0.39 is 5.97 Å². The predicted molar refractivity (Wildman–Crippen MR) is 79.5 cm³/mol. The third kappa shape index (κ3) is 3.10. The Morgan fingerprint density at radius 1 is 1.30 bits per heavy atom. The minimum Gasteiger partial charge on any atom is -0.481 e. The number of methoxy groups -OCH3 is 1. The predicted octanol–water partition coefficient (Wildman–Crippen LogP) is 2.58. The number of para-hydroxylation sites is 1. The number of benzene rings is 1. The lowest BCUT2D eigenvalue weighted by molar-refractivity contribution is 0.0698. The minimum absolute atomic E-state index is 0.163. The van der Waals surface area contributed by atoms with Crippen molar-refractivity contribution in [2.45, 2.75) is 0 Å². The molecule has 0 aliphatic carbocycles. The quantitative estimate of drug-likeness (QED) is 0.843. The van der Waals surface area contributed by atoms with E-state index in [1.54, 1.807) is 36.5 Å². The van der Waals surface area contributed by atoms with Gasteiger partial charge in [-0.25, -0.2) is 9.78 Å². The van der Waals surface area contributed by atoms with Crippen molar-refractivity contribution in [1.82, 2.24) is 4.98 Å². The zero-order valence-electron chi connectivity index (χ0n) is 10.7. The van der Waals surface area contributed by atoms with E-state index in [0.717, 1.165) is 0 Å². The third-order valence-corrected chi connectivity index (χ3v) is 2.95.